The Hall–Kier alpha value is -2.39. The summed E-state index contributed by atoms with van der Waals surface area (Å²) in [5.74, 6) is 0.568. The first-order valence-electron chi connectivity index (χ1n) is 8.83. The van der Waals surface area contributed by atoms with Crippen molar-refractivity contribution in [1.29, 1.82) is 0 Å². The van der Waals surface area contributed by atoms with Gasteiger partial charge in [-0.05, 0) is 49.5 Å². The fourth-order valence-corrected chi connectivity index (χ4v) is 4.25. The maximum absolute atomic E-state index is 11.5. The molecule has 2 aromatic carbocycles. The zero-order chi connectivity index (χ0) is 20.1. The number of oxazole rings is 1. The van der Waals surface area contributed by atoms with Crippen molar-refractivity contribution < 1.29 is 23.7 Å². The number of hydrogen-bond donors (Lipinski definition) is 2. The molecular formula is C20H22N2O5S. The van der Waals surface area contributed by atoms with Crippen LogP contribution in [0.4, 0.5) is 5.69 Å². The van der Waals surface area contributed by atoms with Gasteiger partial charge in [-0.2, -0.15) is 0 Å². The van der Waals surface area contributed by atoms with E-state index in [2.05, 4.69) is 0 Å². The molecule has 0 saturated carbocycles. The zero-order valence-corrected chi connectivity index (χ0v) is 16.6. The summed E-state index contributed by atoms with van der Waals surface area (Å²) in [6.07, 6.45) is -1.89. The molecule has 3 aromatic rings. The van der Waals surface area contributed by atoms with E-state index >= 15 is 0 Å². The standard InChI is InChI=1S/C20H22N2O5S/c1-20(18(24-2)25-3)17(23)16(12-10-11(21)8-9-14(12)27-20)22-13-6-4-5-7-15(13)26-19(22)28/h4-10,16-18,23H,21H2,1-3H3/t16-,17-,20-/m1/s1. The molecular weight excluding hydrogens is 380 g/mol. The zero-order valence-electron chi connectivity index (χ0n) is 15.8. The van der Waals surface area contributed by atoms with E-state index in [1.165, 1.54) is 14.2 Å². The number of para-hydroxylation sites is 2. The first-order chi connectivity index (χ1) is 13.4. The van der Waals surface area contributed by atoms with Gasteiger partial charge >= 0.3 is 0 Å². The number of nitrogens with zero attached hydrogens (tertiary/aromatic N) is 1. The summed E-state index contributed by atoms with van der Waals surface area (Å²) in [7, 11) is 3.00. The lowest BCUT2D eigenvalue weighted by atomic mass is 9.84. The highest BCUT2D eigenvalue weighted by Crippen LogP contribution is 2.46. The molecule has 0 saturated heterocycles. The number of fused-ring (bicyclic) bond motifs is 2. The Morgan fingerprint density at radius 2 is 1.93 bits per heavy atom. The number of rotatable bonds is 4. The van der Waals surface area contributed by atoms with Gasteiger partial charge in [-0.3, -0.25) is 4.57 Å². The number of ether oxygens (including phenoxy) is 3. The molecule has 8 heteroatoms. The molecule has 1 aliphatic heterocycles. The van der Waals surface area contributed by atoms with Crippen molar-refractivity contribution in [2.75, 3.05) is 20.0 Å². The molecule has 3 N–H and O–H groups in total. The molecule has 0 fully saturated rings. The quantitative estimate of drug-likeness (QED) is 0.393. The van der Waals surface area contributed by atoms with Crippen LogP contribution in [0.5, 0.6) is 5.75 Å². The van der Waals surface area contributed by atoms with Crippen LogP contribution in [0.1, 0.15) is 18.5 Å². The van der Waals surface area contributed by atoms with Gasteiger partial charge in [-0.1, -0.05) is 12.1 Å². The third-order valence-corrected chi connectivity index (χ3v) is 5.54. The molecule has 0 amide bonds. The van der Waals surface area contributed by atoms with Gasteiger partial charge in [0.1, 0.15) is 11.9 Å². The van der Waals surface area contributed by atoms with Crippen molar-refractivity contribution in [2.24, 2.45) is 0 Å². The summed E-state index contributed by atoms with van der Waals surface area (Å²) in [4.78, 5) is 0.245. The van der Waals surface area contributed by atoms with Gasteiger partial charge in [0.25, 0.3) is 4.84 Å². The lowest BCUT2D eigenvalue weighted by Crippen LogP contribution is -2.60. The third kappa shape index (κ3) is 2.72. The van der Waals surface area contributed by atoms with Crippen molar-refractivity contribution in [3.63, 3.8) is 0 Å². The summed E-state index contributed by atoms with van der Waals surface area (Å²) in [6.45, 7) is 1.74. The summed E-state index contributed by atoms with van der Waals surface area (Å²) < 4.78 is 24.6. The second-order valence-electron chi connectivity index (χ2n) is 6.98. The van der Waals surface area contributed by atoms with Crippen molar-refractivity contribution in [2.45, 2.75) is 31.0 Å². The van der Waals surface area contributed by atoms with E-state index < -0.39 is 24.0 Å². The largest absolute Gasteiger partial charge is 0.479 e. The van der Waals surface area contributed by atoms with Gasteiger partial charge in [0.2, 0.25) is 0 Å². The molecule has 0 spiro atoms. The second-order valence-corrected chi connectivity index (χ2v) is 7.33. The van der Waals surface area contributed by atoms with Crippen LogP contribution >= 0.6 is 12.2 Å². The minimum Gasteiger partial charge on any atom is -0.479 e. The van der Waals surface area contributed by atoms with Gasteiger partial charge in [-0.25, -0.2) is 0 Å². The number of aliphatic hydroxyl groups excluding tert-OH is 1. The van der Waals surface area contributed by atoms with Crippen molar-refractivity contribution >= 4 is 29.0 Å². The molecule has 0 radical (unpaired) electrons. The molecule has 1 aromatic heterocycles. The molecule has 4 rings (SSSR count). The topological polar surface area (TPSA) is 92.0 Å². The van der Waals surface area contributed by atoms with Crippen LogP contribution in [0, 0.1) is 4.84 Å². The van der Waals surface area contributed by atoms with Gasteiger partial charge in [-0.15, -0.1) is 0 Å². The predicted molar refractivity (Wildman–Crippen MR) is 107 cm³/mol. The summed E-state index contributed by atoms with van der Waals surface area (Å²) in [6, 6.07) is 12.2. The van der Waals surface area contributed by atoms with Crippen molar-refractivity contribution in [3.05, 3.63) is 52.9 Å². The first kappa shape index (κ1) is 18.9. The fourth-order valence-electron chi connectivity index (χ4n) is 3.95. The van der Waals surface area contributed by atoms with Gasteiger partial charge in [0.15, 0.2) is 17.5 Å². The molecule has 28 heavy (non-hydrogen) atoms. The fraction of sp³-hybridized carbons (Fsp3) is 0.350. The molecule has 7 nitrogen and oxygen atoms in total. The molecule has 3 atom stereocenters. The first-order valence-corrected chi connectivity index (χ1v) is 9.23. The Bertz CT molecular complexity index is 1070. The van der Waals surface area contributed by atoms with E-state index in [0.29, 0.717) is 22.6 Å². The van der Waals surface area contributed by atoms with Crippen LogP contribution in [0.2, 0.25) is 0 Å². The smallest absolute Gasteiger partial charge is 0.270 e. The number of nitrogens with two attached hydrogens (primary N) is 1. The van der Waals surface area contributed by atoms with Crippen LogP contribution < -0.4 is 10.5 Å². The Morgan fingerprint density at radius 1 is 1.21 bits per heavy atom. The minimum absolute atomic E-state index is 0.245. The van der Waals surface area contributed by atoms with E-state index in [1.807, 2.05) is 24.3 Å². The number of aromatic nitrogens is 1. The molecule has 148 valence electrons. The van der Waals surface area contributed by atoms with Gasteiger partial charge < -0.3 is 29.5 Å². The second kappa shape index (κ2) is 6.89. The summed E-state index contributed by atoms with van der Waals surface area (Å²) in [5.41, 5.74) is 7.48. The molecule has 2 heterocycles. The maximum Gasteiger partial charge on any atom is 0.270 e. The van der Waals surface area contributed by atoms with Crippen LogP contribution in [0.25, 0.3) is 11.1 Å². The SMILES string of the molecule is COC(OC)[C@]1(C)Oc2ccc(N)cc2[C@@H](n2c(=S)oc3ccccc32)[C@H]1O. The van der Waals surface area contributed by atoms with Gasteiger partial charge in [0.05, 0.1) is 11.6 Å². The number of nitrogen functional groups attached to an aromatic ring is 1. The van der Waals surface area contributed by atoms with Crippen molar-refractivity contribution in [3.8, 4) is 5.75 Å². The van der Waals surface area contributed by atoms with E-state index in [0.717, 1.165) is 5.52 Å². The predicted octanol–water partition coefficient (Wildman–Crippen LogP) is 3.27. The third-order valence-electron chi connectivity index (χ3n) is 5.26. The molecule has 0 aliphatic carbocycles. The van der Waals surface area contributed by atoms with Gasteiger partial charge in [0, 0.05) is 25.5 Å². The number of benzene rings is 2. The summed E-state index contributed by atoms with van der Waals surface area (Å²) >= 11 is 5.50. The van der Waals surface area contributed by atoms with Crippen LogP contribution in [-0.2, 0) is 9.47 Å². The van der Waals surface area contributed by atoms with Crippen LogP contribution in [-0.4, -0.2) is 41.9 Å². The Balaban J connectivity index is 2.00. The highest BCUT2D eigenvalue weighted by Gasteiger charge is 2.53. The van der Waals surface area contributed by atoms with Crippen molar-refractivity contribution in [1.82, 2.24) is 4.57 Å². The van der Waals surface area contributed by atoms with E-state index in [4.69, 9.17) is 36.6 Å². The average Bonchev–Trinajstić information content (AvgIpc) is 3.00. The Kier molecular flexibility index (Phi) is 4.67. The Morgan fingerprint density at radius 3 is 2.64 bits per heavy atom. The lowest BCUT2D eigenvalue weighted by Gasteiger charge is -2.46. The molecule has 1 aliphatic rings. The normalized spacial score (nSPS) is 24.3. The number of methoxy groups -OCH3 is 2. The van der Waals surface area contributed by atoms with E-state index in [1.54, 1.807) is 29.7 Å². The monoisotopic (exact) mass is 402 g/mol. The summed E-state index contributed by atoms with van der Waals surface area (Å²) in [5, 5.41) is 11.5. The van der Waals surface area contributed by atoms with E-state index in [9.17, 15) is 5.11 Å². The number of hydrogen-bond acceptors (Lipinski definition) is 7. The minimum atomic E-state index is -1.20. The molecule has 0 unspecified atom stereocenters. The Labute approximate surface area is 167 Å². The van der Waals surface area contributed by atoms with Crippen LogP contribution in [0.15, 0.2) is 46.9 Å². The average molecular weight is 402 g/mol. The number of anilines is 1. The highest BCUT2D eigenvalue weighted by atomic mass is 32.1. The van der Waals surface area contributed by atoms with Crippen LogP contribution in [0.3, 0.4) is 0 Å². The number of aliphatic hydroxyl groups is 1. The highest BCUT2D eigenvalue weighted by molar-refractivity contribution is 7.71. The lowest BCUT2D eigenvalue weighted by molar-refractivity contribution is -0.238. The maximum atomic E-state index is 11.5. The molecule has 0 bridgehead atoms. The van der Waals surface area contributed by atoms with E-state index in [-0.39, 0.29) is 4.84 Å².